The summed E-state index contributed by atoms with van der Waals surface area (Å²) in [6, 6.07) is -0.662. The maximum Gasteiger partial charge on any atom is 0.331 e. The highest BCUT2D eigenvalue weighted by Crippen LogP contribution is 2.51. The lowest BCUT2D eigenvalue weighted by molar-refractivity contribution is -0.145. The predicted octanol–water partition coefficient (Wildman–Crippen LogP) is 1.46. The number of cyclic esters (lactones) is 1. The highest BCUT2D eigenvalue weighted by atomic mass is 31.2. The molecule has 116 valence electrons. The smallest absolute Gasteiger partial charge is 0.331 e. The molecule has 0 bridgehead atoms. The number of hydrogen-bond acceptors (Lipinski definition) is 7. The van der Waals surface area contributed by atoms with Gasteiger partial charge in [-0.15, -0.1) is 0 Å². The van der Waals surface area contributed by atoms with Crippen molar-refractivity contribution in [2.24, 2.45) is 0 Å². The largest absolute Gasteiger partial charge is 0.438 e. The molecule has 0 spiro atoms. The van der Waals surface area contributed by atoms with Gasteiger partial charge in [0.2, 0.25) is 6.23 Å². The van der Waals surface area contributed by atoms with Crippen molar-refractivity contribution in [2.75, 3.05) is 6.16 Å². The van der Waals surface area contributed by atoms with Gasteiger partial charge in [0.25, 0.3) is 0 Å². The normalized spacial score (nSPS) is 23.4. The number of hydrogen-bond donors (Lipinski definition) is 1. The summed E-state index contributed by atoms with van der Waals surface area (Å²) in [7, 11) is -3.27. The van der Waals surface area contributed by atoms with Gasteiger partial charge in [-0.2, -0.15) is 0 Å². The minimum Gasteiger partial charge on any atom is -0.438 e. The molecule has 0 saturated carbocycles. The molecule has 20 heavy (non-hydrogen) atoms. The molecule has 0 aromatic rings. The van der Waals surface area contributed by atoms with Crippen molar-refractivity contribution in [1.29, 1.82) is 0 Å². The summed E-state index contributed by atoms with van der Waals surface area (Å²) in [5, 5.41) is 2.70. The van der Waals surface area contributed by atoms with E-state index >= 15 is 0 Å². The van der Waals surface area contributed by atoms with Crippen LogP contribution in [0.2, 0.25) is 0 Å². The summed E-state index contributed by atoms with van der Waals surface area (Å²) in [5.41, 5.74) is 0. The van der Waals surface area contributed by atoms with E-state index in [9.17, 15) is 14.2 Å². The molecule has 1 heterocycles. The van der Waals surface area contributed by atoms with Crippen molar-refractivity contribution in [3.05, 3.63) is 0 Å². The summed E-state index contributed by atoms with van der Waals surface area (Å²) < 4.78 is 28.1. The average Bonchev–Trinajstić information content (AvgIpc) is 2.65. The van der Waals surface area contributed by atoms with Crippen LogP contribution in [0, 0.1) is 0 Å². The second-order valence-electron chi connectivity index (χ2n) is 5.14. The minimum absolute atomic E-state index is 0.0850. The first-order chi connectivity index (χ1) is 9.25. The second-order valence-corrected chi connectivity index (χ2v) is 7.23. The molecule has 1 N–H and O–H groups in total. The van der Waals surface area contributed by atoms with E-state index in [1.165, 1.54) is 0 Å². The van der Waals surface area contributed by atoms with E-state index in [1.807, 2.05) is 0 Å². The van der Waals surface area contributed by atoms with Gasteiger partial charge >= 0.3 is 13.6 Å². The van der Waals surface area contributed by atoms with Gasteiger partial charge in [-0.25, -0.2) is 0 Å². The molecule has 1 aliphatic heterocycles. The zero-order valence-electron chi connectivity index (χ0n) is 12.2. The zero-order valence-corrected chi connectivity index (χ0v) is 13.1. The van der Waals surface area contributed by atoms with Crippen LogP contribution in [0.15, 0.2) is 0 Å². The Morgan fingerprint density at radius 2 is 1.85 bits per heavy atom. The Labute approximate surface area is 118 Å². The SMILES string of the molecule is CC(C)OP(=O)(CCC1NC(C=O)OC1=O)OC(C)C. The maximum absolute atomic E-state index is 12.6. The van der Waals surface area contributed by atoms with E-state index in [0.717, 1.165) is 0 Å². The molecular weight excluding hydrogens is 285 g/mol. The topological polar surface area (TPSA) is 90.9 Å². The van der Waals surface area contributed by atoms with Gasteiger partial charge in [0.15, 0.2) is 6.29 Å². The number of nitrogens with one attached hydrogen (secondary N) is 1. The molecule has 0 aromatic carbocycles. The lowest BCUT2D eigenvalue weighted by atomic mass is 10.2. The van der Waals surface area contributed by atoms with E-state index in [0.29, 0.717) is 6.29 Å². The van der Waals surface area contributed by atoms with Crippen molar-refractivity contribution >= 4 is 19.9 Å². The summed E-state index contributed by atoms with van der Waals surface area (Å²) >= 11 is 0. The summed E-state index contributed by atoms with van der Waals surface area (Å²) in [6.45, 7) is 7.06. The van der Waals surface area contributed by atoms with Crippen molar-refractivity contribution in [3.8, 4) is 0 Å². The standard InChI is InChI=1S/C12H22NO6P/c1-8(2)18-20(16,19-9(3)4)6-5-10-12(15)17-11(7-14)13-10/h7-11,13H,5-6H2,1-4H3. The highest BCUT2D eigenvalue weighted by molar-refractivity contribution is 7.53. The number of rotatable bonds is 8. The lowest BCUT2D eigenvalue weighted by Gasteiger charge is -2.23. The fraction of sp³-hybridized carbons (Fsp3) is 0.833. The molecule has 2 atom stereocenters. The molecule has 1 fully saturated rings. The van der Waals surface area contributed by atoms with Crippen LogP contribution in [0.5, 0.6) is 0 Å². The second kappa shape index (κ2) is 7.31. The molecule has 0 radical (unpaired) electrons. The van der Waals surface area contributed by atoms with Gasteiger partial charge in [0.1, 0.15) is 6.04 Å². The van der Waals surface area contributed by atoms with E-state index in [4.69, 9.17) is 13.8 Å². The maximum atomic E-state index is 12.6. The van der Waals surface area contributed by atoms with E-state index in [1.54, 1.807) is 27.7 Å². The molecular formula is C12H22NO6P. The van der Waals surface area contributed by atoms with Crippen molar-refractivity contribution in [3.63, 3.8) is 0 Å². The van der Waals surface area contributed by atoms with Gasteiger partial charge < -0.3 is 13.8 Å². The quantitative estimate of drug-likeness (QED) is 0.412. The number of ether oxygens (including phenoxy) is 1. The summed E-state index contributed by atoms with van der Waals surface area (Å²) in [6.07, 6.45) is -0.602. The fourth-order valence-corrected chi connectivity index (χ4v) is 3.96. The number of aldehydes is 1. The number of carbonyl (C=O) groups is 2. The van der Waals surface area contributed by atoms with Crippen LogP contribution >= 0.6 is 7.60 Å². The Balaban J connectivity index is 2.60. The van der Waals surface area contributed by atoms with Crippen molar-refractivity contribution < 1.29 is 27.9 Å². The molecule has 1 saturated heterocycles. The molecule has 0 aromatic heterocycles. The van der Waals surface area contributed by atoms with Crippen LogP contribution in [-0.2, 0) is 27.9 Å². The number of carbonyl (C=O) groups excluding carboxylic acids is 2. The first-order valence-corrected chi connectivity index (χ1v) is 8.36. The molecule has 0 amide bonds. The fourth-order valence-electron chi connectivity index (χ4n) is 1.84. The third-order valence-electron chi connectivity index (χ3n) is 2.45. The zero-order chi connectivity index (χ0) is 15.3. The third kappa shape index (κ3) is 5.32. The van der Waals surface area contributed by atoms with Crippen molar-refractivity contribution in [1.82, 2.24) is 5.32 Å². The van der Waals surface area contributed by atoms with Gasteiger partial charge in [0.05, 0.1) is 18.4 Å². The van der Waals surface area contributed by atoms with Crippen molar-refractivity contribution in [2.45, 2.75) is 58.6 Å². The van der Waals surface area contributed by atoms with Gasteiger partial charge in [-0.1, -0.05) is 0 Å². The summed E-state index contributed by atoms with van der Waals surface area (Å²) in [5.74, 6) is -0.525. The van der Waals surface area contributed by atoms with Gasteiger partial charge in [-0.05, 0) is 34.1 Å². The van der Waals surface area contributed by atoms with Crippen LogP contribution in [0.25, 0.3) is 0 Å². The van der Waals surface area contributed by atoms with Crippen LogP contribution in [-0.4, -0.2) is 42.9 Å². The van der Waals surface area contributed by atoms with E-state index in [2.05, 4.69) is 5.32 Å². The Hall–Kier alpha value is -0.750. The predicted molar refractivity (Wildman–Crippen MR) is 72.4 cm³/mol. The van der Waals surface area contributed by atoms with Crippen LogP contribution < -0.4 is 5.32 Å². The molecule has 8 heteroatoms. The Morgan fingerprint density at radius 1 is 1.30 bits per heavy atom. The summed E-state index contributed by atoms with van der Waals surface area (Å²) in [4.78, 5) is 22.0. The minimum atomic E-state index is -3.27. The third-order valence-corrected chi connectivity index (χ3v) is 4.74. The molecule has 7 nitrogen and oxygen atoms in total. The molecule has 2 unspecified atom stereocenters. The molecule has 1 aliphatic rings. The average molecular weight is 307 g/mol. The first kappa shape index (κ1) is 17.3. The highest BCUT2D eigenvalue weighted by Gasteiger charge is 2.36. The lowest BCUT2D eigenvalue weighted by Crippen LogP contribution is -2.33. The first-order valence-electron chi connectivity index (χ1n) is 6.63. The van der Waals surface area contributed by atoms with Gasteiger partial charge in [-0.3, -0.25) is 19.5 Å². The monoisotopic (exact) mass is 307 g/mol. The Bertz CT molecular complexity index is 383. The Morgan fingerprint density at radius 3 is 2.25 bits per heavy atom. The number of esters is 1. The molecule has 1 rings (SSSR count). The van der Waals surface area contributed by atoms with Gasteiger partial charge in [0, 0.05) is 0 Å². The van der Waals surface area contributed by atoms with Crippen LogP contribution in [0.3, 0.4) is 0 Å². The molecule has 0 aliphatic carbocycles. The van der Waals surface area contributed by atoms with E-state index < -0.39 is 25.8 Å². The van der Waals surface area contributed by atoms with E-state index in [-0.39, 0.29) is 24.8 Å². The Kier molecular flexibility index (Phi) is 6.33. The van der Waals surface area contributed by atoms with Crippen LogP contribution in [0.1, 0.15) is 34.1 Å². The van der Waals surface area contributed by atoms with Crippen LogP contribution in [0.4, 0.5) is 0 Å².